The molecule has 0 N–H and O–H groups in total. The number of Topliss-reactive ketones (excluding diaryl/α,β-unsaturated/α-hetero) is 1. The predicted molar refractivity (Wildman–Crippen MR) is 97.4 cm³/mol. The molecule has 10 heteroatoms. The van der Waals surface area contributed by atoms with Crippen LogP contribution < -0.4 is 19.1 Å². The predicted octanol–water partition coefficient (Wildman–Crippen LogP) is 1.48. The first-order valence-corrected chi connectivity index (χ1v) is 9.08. The highest BCUT2D eigenvalue weighted by molar-refractivity contribution is 6.00. The number of methoxy groups -OCH3 is 3. The second-order valence-corrected chi connectivity index (χ2v) is 7.36. The van der Waals surface area contributed by atoms with E-state index in [2.05, 4.69) is 0 Å². The van der Waals surface area contributed by atoms with Gasteiger partial charge < -0.3 is 33.2 Å². The zero-order valence-corrected chi connectivity index (χ0v) is 16.8. The molecule has 3 aliphatic heterocycles. The van der Waals surface area contributed by atoms with Crippen molar-refractivity contribution in [1.29, 1.82) is 0 Å². The number of nitrogens with zero attached hydrogens (tertiary/aromatic N) is 1. The summed E-state index contributed by atoms with van der Waals surface area (Å²) in [5, 5.41) is 0. The van der Waals surface area contributed by atoms with Crippen LogP contribution in [0.3, 0.4) is 0 Å². The normalized spacial score (nSPS) is 30.3. The van der Waals surface area contributed by atoms with Gasteiger partial charge in [-0.3, -0.25) is 9.69 Å². The molecule has 1 aromatic rings. The van der Waals surface area contributed by atoms with Crippen molar-refractivity contribution in [3.05, 3.63) is 12.1 Å². The maximum Gasteiger partial charge on any atom is 0.417 e. The Kier molecular flexibility index (Phi) is 4.60. The standard InChI is InChI=1S/C19H23NO9/c1-18(2)27-13-8-26-19(16(21)15(13)28-18)9-20(17(22)29-19)10-6-11(23-3)14(25-5)12(7-10)24-4/h6-7,13,15H,8-9H2,1-5H3/t13-,15-,19+/m1/s1. The Morgan fingerprint density at radius 3 is 2.28 bits per heavy atom. The van der Waals surface area contributed by atoms with Gasteiger partial charge >= 0.3 is 6.09 Å². The summed E-state index contributed by atoms with van der Waals surface area (Å²) in [6.45, 7) is 3.36. The highest BCUT2D eigenvalue weighted by Crippen LogP contribution is 2.44. The fourth-order valence-corrected chi connectivity index (χ4v) is 3.81. The Hall–Kier alpha value is -2.56. The Morgan fingerprint density at radius 1 is 1.03 bits per heavy atom. The number of carbonyl (C=O) groups excluding carboxylic acids is 2. The molecule has 29 heavy (non-hydrogen) atoms. The molecule has 3 saturated heterocycles. The number of benzene rings is 1. The highest BCUT2D eigenvalue weighted by Gasteiger charge is 2.63. The summed E-state index contributed by atoms with van der Waals surface area (Å²) < 4.78 is 38.5. The van der Waals surface area contributed by atoms with Gasteiger partial charge in [-0.1, -0.05) is 0 Å². The van der Waals surface area contributed by atoms with Crippen molar-refractivity contribution in [1.82, 2.24) is 0 Å². The molecule has 4 rings (SSSR count). The van der Waals surface area contributed by atoms with E-state index < -0.39 is 35.7 Å². The minimum absolute atomic E-state index is 0.0657. The Labute approximate surface area is 167 Å². The number of fused-ring (bicyclic) bond motifs is 1. The van der Waals surface area contributed by atoms with Gasteiger partial charge in [0.1, 0.15) is 12.6 Å². The van der Waals surface area contributed by atoms with Crippen molar-refractivity contribution in [3.8, 4) is 17.2 Å². The molecule has 0 unspecified atom stereocenters. The SMILES string of the molecule is COc1cc(N2C[C@]3(OC[C@H]4OC(C)(C)O[C@H]4C3=O)OC2=O)cc(OC)c1OC. The molecule has 0 bridgehead atoms. The molecule has 1 amide bonds. The molecule has 0 saturated carbocycles. The summed E-state index contributed by atoms with van der Waals surface area (Å²) in [5.41, 5.74) is 0.406. The van der Waals surface area contributed by atoms with Crippen LogP contribution in [0.25, 0.3) is 0 Å². The monoisotopic (exact) mass is 409 g/mol. The molecule has 0 aromatic heterocycles. The average Bonchev–Trinajstić information content (AvgIpc) is 3.20. The molecule has 158 valence electrons. The first-order valence-electron chi connectivity index (χ1n) is 9.08. The minimum atomic E-state index is -1.76. The van der Waals surface area contributed by atoms with E-state index in [4.69, 9.17) is 33.2 Å². The van der Waals surface area contributed by atoms with Crippen molar-refractivity contribution < 1.29 is 42.7 Å². The third-order valence-electron chi connectivity index (χ3n) is 5.10. The van der Waals surface area contributed by atoms with Gasteiger partial charge in [-0.2, -0.15) is 0 Å². The smallest absolute Gasteiger partial charge is 0.417 e. The van der Waals surface area contributed by atoms with Crippen molar-refractivity contribution in [2.24, 2.45) is 0 Å². The van der Waals surface area contributed by atoms with E-state index in [1.165, 1.54) is 26.2 Å². The number of amides is 1. The second kappa shape index (κ2) is 6.75. The molecule has 0 aliphatic carbocycles. The maximum absolute atomic E-state index is 13.1. The van der Waals surface area contributed by atoms with Crippen molar-refractivity contribution in [2.75, 3.05) is 39.4 Å². The van der Waals surface area contributed by atoms with Crippen molar-refractivity contribution in [3.63, 3.8) is 0 Å². The molecule has 10 nitrogen and oxygen atoms in total. The summed E-state index contributed by atoms with van der Waals surface area (Å²) in [6.07, 6.45) is -2.15. The lowest BCUT2D eigenvalue weighted by Gasteiger charge is -2.34. The fourth-order valence-electron chi connectivity index (χ4n) is 3.81. The summed E-state index contributed by atoms with van der Waals surface area (Å²) in [6, 6.07) is 3.19. The van der Waals surface area contributed by atoms with E-state index in [-0.39, 0.29) is 13.2 Å². The molecule has 1 aromatic carbocycles. The molecular formula is C19H23NO9. The molecule has 3 aliphatic rings. The van der Waals surface area contributed by atoms with E-state index >= 15 is 0 Å². The average molecular weight is 409 g/mol. The van der Waals surface area contributed by atoms with Gasteiger partial charge in [-0.05, 0) is 13.8 Å². The topological polar surface area (TPSA) is 102 Å². The van der Waals surface area contributed by atoms with Crippen LogP contribution in [-0.4, -0.2) is 70.1 Å². The largest absolute Gasteiger partial charge is 0.493 e. The zero-order valence-electron chi connectivity index (χ0n) is 16.8. The van der Waals surface area contributed by atoms with Gasteiger partial charge in [0.05, 0.1) is 33.6 Å². The molecular weight excluding hydrogens is 386 g/mol. The molecule has 0 radical (unpaired) electrons. The third kappa shape index (κ3) is 3.07. The van der Waals surface area contributed by atoms with Gasteiger partial charge in [0.2, 0.25) is 11.5 Å². The van der Waals surface area contributed by atoms with E-state index in [0.717, 1.165) is 0 Å². The first-order chi connectivity index (χ1) is 13.7. The molecule has 3 atom stereocenters. The number of hydrogen-bond donors (Lipinski definition) is 0. The Bertz CT molecular complexity index is 829. The van der Waals surface area contributed by atoms with Gasteiger partial charge in [-0.15, -0.1) is 0 Å². The lowest BCUT2D eigenvalue weighted by Crippen LogP contribution is -2.59. The molecule has 3 heterocycles. The fraction of sp³-hybridized carbons (Fsp3) is 0.579. The van der Waals surface area contributed by atoms with Crippen LogP contribution >= 0.6 is 0 Å². The quantitative estimate of drug-likeness (QED) is 0.732. The van der Waals surface area contributed by atoms with Gasteiger partial charge in [-0.25, -0.2) is 4.79 Å². The van der Waals surface area contributed by atoms with Crippen molar-refractivity contribution >= 4 is 17.6 Å². The number of ether oxygens (including phenoxy) is 7. The second-order valence-electron chi connectivity index (χ2n) is 7.36. The van der Waals surface area contributed by atoms with Gasteiger partial charge in [0.15, 0.2) is 23.4 Å². The van der Waals surface area contributed by atoms with Crippen LogP contribution in [0, 0.1) is 0 Å². The van der Waals surface area contributed by atoms with Crippen molar-refractivity contribution in [2.45, 2.75) is 37.6 Å². The van der Waals surface area contributed by atoms with E-state index in [0.29, 0.717) is 22.9 Å². The van der Waals surface area contributed by atoms with Crippen LogP contribution in [-0.2, 0) is 23.7 Å². The van der Waals surface area contributed by atoms with Crippen LogP contribution in [0.1, 0.15) is 13.8 Å². The lowest BCUT2D eigenvalue weighted by atomic mass is 9.98. The molecule has 3 fully saturated rings. The van der Waals surface area contributed by atoms with Crippen LogP contribution in [0.15, 0.2) is 12.1 Å². The molecule has 1 spiro atoms. The van der Waals surface area contributed by atoms with Crippen LogP contribution in [0.2, 0.25) is 0 Å². The lowest BCUT2D eigenvalue weighted by molar-refractivity contribution is -0.218. The zero-order chi connectivity index (χ0) is 21.0. The Balaban J connectivity index is 1.64. The summed E-state index contributed by atoms with van der Waals surface area (Å²) in [4.78, 5) is 27.0. The number of ketones is 1. The summed E-state index contributed by atoms with van der Waals surface area (Å²) in [7, 11) is 4.42. The summed E-state index contributed by atoms with van der Waals surface area (Å²) >= 11 is 0. The van der Waals surface area contributed by atoms with Crippen LogP contribution in [0.5, 0.6) is 17.2 Å². The number of carbonyl (C=O) groups is 2. The Morgan fingerprint density at radius 2 is 1.69 bits per heavy atom. The number of hydrogen-bond acceptors (Lipinski definition) is 9. The van der Waals surface area contributed by atoms with E-state index in [9.17, 15) is 9.59 Å². The minimum Gasteiger partial charge on any atom is -0.493 e. The first kappa shape index (κ1) is 19.7. The van der Waals surface area contributed by atoms with Gasteiger partial charge in [0, 0.05) is 12.1 Å². The third-order valence-corrected chi connectivity index (χ3v) is 5.10. The van der Waals surface area contributed by atoms with Gasteiger partial charge in [0.25, 0.3) is 5.79 Å². The maximum atomic E-state index is 13.1. The number of rotatable bonds is 4. The summed E-state index contributed by atoms with van der Waals surface area (Å²) in [5.74, 6) is -2.06. The van der Waals surface area contributed by atoms with Crippen LogP contribution in [0.4, 0.5) is 10.5 Å². The van der Waals surface area contributed by atoms with E-state index in [1.54, 1.807) is 26.0 Å². The number of anilines is 1. The highest BCUT2D eigenvalue weighted by atomic mass is 16.8. The van der Waals surface area contributed by atoms with E-state index in [1.807, 2.05) is 0 Å².